The minimum atomic E-state index is -0.329. The number of hydrogen-bond donors (Lipinski definition) is 1. The molecular weight excluding hydrogens is 327 g/mol. The molecule has 0 aliphatic heterocycles. The molecule has 1 amide bonds. The lowest BCUT2D eigenvalue weighted by atomic mass is 10.1. The summed E-state index contributed by atoms with van der Waals surface area (Å²) in [6.07, 6.45) is 5.57. The van der Waals surface area contributed by atoms with Gasteiger partial charge in [0.2, 0.25) is 0 Å². The van der Waals surface area contributed by atoms with Gasteiger partial charge in [0.15, 0.2) is 0 Å². The summed E-state index contributed by atoms with van der Waals surface area (Å²) >= 11 is 1.27. The van der Waals surface area contributed by atoms with E-state index >= 15 is 0 Å². The third-order valence-electron chi connectivity index (χ3n) is 3.97. The third kappa shape index (κ3) is 2.94. The highest BCUT2D eigenvalue weighted by Crippen LogP contribution is 2.41. The molecule has 2 aromatic heterocycles. The number of aryl methyl sites for hydroxylation is 1. The van der Waals surface area contributed by atoms with Crippen molar-refractivity contribution in [1.29, 1.82) is 0 Å². The van der Waals surface area contributed by atoms with Crippen molar-refractivity contribution in [3.8, 4) is 10.6 Å². The number of thiazole rings is 1. The summed E-state index contributed by atoms with van der Waals surface area (Å²) in [5.74, 6) is -0.102. The van der Waals surface area contributed by atoms with Crippen molar-refractivity contribution in [1.82, 2.24) is 14.8 Å². The van der Waals surface area contributed by atoms with Crippen LogP contribution in [0.2, 0.25) is 0 Å². The second kappa shape index (κ2) is 5.83. The van der Waals surface area contributed by atoms with Crippen molar-refractivity contribution in [2.75, 3.05) is 5.32 Å². The van der Waals surface area contributed by atoms with E-state index < -0.39 is 0 Å². The molecule has 2 heterocycles. The molecule has 1 aromatic carbocycles. The number of carbonyl (C=O) groups excluding carboxylic acids is 1. The van der Waals surface area contributed by atoms with E-state index in [0.29, 0.717) is 22.2 Å². The van der Waals surface area contributed by atoms with E-state index in [0.717, 1.165) is 18.4 Å². The van der Waals surface area contributed by atoms with Crippen LogP contribution in [0.4, 0.5) is 10.1 Å². The first-order valence-corrected chi connectivity index (χ1v) is 8.53. The van der Waals surface area contributed by atoms with Crippen LogP contribution in [0, 0.1) is 5.82 Å². The Labute approximate surface area is 142 Å². The molecule has 0 bridgehead atoms. The molecule has 5 nitrogen and oxygen atoms in total. The molecule has 1 aliphatic rings. The number of carbonyl (C=O) groups is 1. The largest absolute Gasteiger partial charge is 0.318 e. The van der Waals surface area contributed by atoms with E-state index in [1.54, 1.807) is 29.5 Å². The molecule has 0 saturated heterocycles. The van der Waals surface area contributed by atoms with E-state index in [4.69, 9.17) is 0 Å². The molecule has 3 aromatic rings. The van der Waals surface area contributed by atoms with E-state index in [1.807, 2.05) is 12.1 Å². The Kier molecular flexibility index (Phi) is 3.65. The number of rotatable bonds is 4. The Bertz CT molecular complexity index is 913. The number of nitrogens with one attached hydrogen (secondary N) is 1. The quantitative estimate of drug-likeness (QED) is 0.784. The Morgan fingerprint density at radius 1 is 1.42 bits per heavy atom. The lowest BCUT2D eigenvalue weighted by Gasteiger charge is -2.03. The zero-order chi connectivity index (χ0) is 16.7. The van der Waals surface area contributed by atoms with Gasteiger partial charge in [-0.2, -0.15) is 5.10 Å². The highest BCUT2D eigenvalue weighted by Gasteiger charge is 2.25. The molecule has 1 saturated carbocycles. The van der Waals surface area contributed by atoms with E-state index in [-0.39, 0.29) is 17.4 Å². The summed E-state index contributed by atoms with van der Waals surface area (Å²) in [4.78, 5) is 16.5. The van der Waals surface area contributed by atoms with Gasteiger partial charge in [-0.1, -0.05) is 6.07 Å². The van der Waals surface area contributed by atoms with Gasteiger partial charge in [-0.3, -0.25) is 9.48 Å². The number of benzene rings is 1. The summed E-state index contributed by atoms with van der Waals surface area (Å²) in [5, 5.41) is 8.88. The van der Waals surface area contributed by atoms with Gasteiger partial charge in [0.25, 0.3) is 5.91 Å². The van der Waals surface area contributed by atoms with Crippen LogP contribution in [0.1, 0.15) is 34.8 Å². The molecule has 7 heteroatoms. The number of amides is 1. The van der Waals surface area contributed by atoms with Crippen LogP contribution in [-0.4, -0.2) is 20.7 Å². The maximum Gasteiger partial charge on any atom is 0.275 e. The minimum absolute atomic E-state index is 0.273. The minimum Gasteiger partial charge on any atom is -0.318 e. The molecule has 1 aliphatic carbocycles. The van der Waals surface area contributed by atoms with Crippen LogP contribution < -0.4 is 5.32 Å². The van der Waals surface area contributed by atoms with Crippen molar-refractivity contribution in [3.63, 3.8) is 0 Å². The molecule has 0 unspecified atom stereocenters. The van der Waals surface area contributed by atoms with Crippen LogP contribution in [0.3, 0.4) is 0 Å². The summed E-state index contributed by atoms with van der Waals surface area (Å²) in [6, 6.07) is 5.18. The van der Waals surface area contributed by atoms with Gasteiger partial charge < -0.3 is 5.32 Å². The average molecular weight is 342 g/mol. The van der Waals surface area contributed by atoms with Crippen molar-refractivity contribution in [3.05, 3.63) is 53.0 Å². The first-order chi connectivity index (χ1) is 11.6. The van der Waals surface area contributed by atoms with E-state index in [9.17, 15) is 9.18 Å². The SMILES string of the molecule is Cn1cc(NC(=O)c2csc(-c3cc(C4CC4)ccc3F)n2)cn1. The fourth-order valence-corrected chi connectivity index (χ4v) is 3.38. The molecular formula is C17H15FN4OS. The van der Waals surface area contributed by atoms with Crippen LogP contribution in [0.25, 0.3) is 10.6 Å². The summed E-state index contributed by atoms with van der Waals surface area (Å²) in [5.41, 5.74) is 2.47. The van der Waals surface area contributed by atoms with Gasteiger partial charge in [0.05, 0.1) is 11.9 Å². The molecule has 122 valence electrons. The normalized spacial score (nSPS) is 13.9. The first kappa shape index (κ1) is 15.0. The predicted molar refractivity (Wildman–Crippen MR) is 90.6 cm³/mol. The standard InChI is InChI=1S/C17H15FN4OS/c1-22-8-12(7-19-22)20-16(23)15-9-24-17(21-15)13-6-11(10-2-3-10)4-5-14(13)18/h4-10H,2-3H2,1H3,(H,20,23). The van der Waals surface area contributed by atoms with Gasteiger partial charge in [-0.05, 0) is 36.5 Å². The zero-order valence-corrected chi connectivity index (χ0v) is 13.8. The molecule has 0 radical (unpaired) electrons. The second-order valence-corrected chi connectivity index (χ2v) is 6.77. The first-order valence-electron chi connectivity index (χ1n) is 7.65. The molecule has 0 atom stereocenters. The number of nitrogens with zero attached hydrogens (tertiary/aromatic N) is 3. The smallest absolute Gasteiger partial charge is 0.275 e. The summed E-state index contributed by atoms with van der Waals surface area (Å²) in [7, 11) is 1.77. The topological polar surface area (TPSA) is 59.8 Å². The van der Waals surface area contributed by atoms with E-state index in [1.165, 1.54) is 17.4 Å². The number of aromatic nitrogens is 3. The number of anilines is 1. The maximum atomic E-state index is 14.2. The van der Waals surface area contributed by atoms with E-state index in [2.05, 4.69) is 15.4 Å². The molecule has 1 fully saturated rings. The Morgan fingerprint density at radius 2 is 2.25 bits per heavy atom. The Hall–Kier alpha value is -2.54. The highest BCUT2D eigenvalue weighted by atomic mass is 32.1. The fourth-order valence-electron chi connectivity index (χ4n) is 2.56. The zero-order valence-electron chi connectivity index (χ0n) is 13.0. The van der Waals surface area contributed by atoms with Gasteiger partial charge in [0, 0.05) is 24.2 Å². The van der Waals surface area contributed by atoms with Crippen LogP contribution >= 0.6 is 11.3 Å². The van der Waals surface area contributed by atoms with Crippen LogP contribution in [-0.2, 0) is 7.05 Å². The lowest BCUT2D eigenvalue weighted by molar-refractivity contribution is 0.102. The van der Waals surface area contributed by atoms with Crippen molar-refractivity contribution >= 4 is 22.9 Å². The van der Waals surface area contributed by atoms with Gasteiger partial charge in [0.1, 0.15) is 16.5 Å². The van der Waals surface area contributed by atoms with Gasteiger partial charge in [-0.15, -0.1) is 11.3 Å². The Morgan fingerprint density at radius 3 is 2.96 bits per heavy atom. The van der Waals surface area contributed by atoms with Crippen molar-refractivity contribution < 1.29 is 9.18 Å². The van der Waals surface area contributed by atoms with Crippen LogP contribution in [0.5, 0.6) is 0 Å². The van der Waals surface area contributed by atoms with Crippen molar-refractivity contribution in [2.45, 2.75) is 18.8 Å². The summed E-state index contributed by atoms with van der Waals surface area (Å²) in [6.45, 7) is 0. The second-order valence-electron chi connectivity index (χ2n) is 5.91. The number of halogens is 1. The monoisotopic (exact) mass is 342 g/mol. The lowest BCUT2D eigenvalue weighted by Crippen LogP contribution is -2.11. The highest BCUT2D eigenvalue weighted by molar-refractivity contribution is 7.13. The fraction of sp³-hybridized carbons (Fsp3) is 0.235. The third-order valence-corrected chi connectivity index (χ3v) is 4.84. The predicted octanol–water partition coefficient (Wildman–Crippen LogP) is 3.81. The van der Waals surface area contributed by atoms with Gasteiger partial charge >= 0.3 is 0 Å². The molecule has 4 rings (SSSR count). The summed E-state index contributed by atoms with van der Waals surface area (Å²) < 4.78 is 15.8. The van der Waals surface area contributed by atoms with Crippen molar-refractivity contribution in [2.24, 2.45) is 7.05 Å². The maximum absolute atomic E-state index is 14.2. The number of hydrogen-bond acceptors (Lipinski definition) is 4. The molecule has 1 N–H and O–H groups in total. The Balaban J connectivity index is 1.58. The average Bonchev–Trinajstić information content (AvgIpc) is 3.15. The van der Waals surface area contributed by atoms with Gasteiger partial charge in [-0.25, -0.2) is 9.37 Å². The molecule has 24 heavy (non-hydrogen) atoms. The van der Waals surface area contributed by atoms with Crippen LogP contribution in [0.15, 0.2) is 36.0 Å². The molecule has 0 spiro atoms.